The molecule has 1 aliphatic rings. The standard InChI is InChI=1S/C14H19FN2O2S2/c1-9(2)14(5-6-14)8-17-21(18,19)10-3-4-12(15)11(7-10)13(16)20/h3-4,7,9,17H,5-6,8H2,1-2H3,(H2,16,20). The first-order valence-electron chi connectivity index (χ1n) is 6.77. The topological polar surface area (TPSA) is 72.2 Å². The first-order valence-corrected chi connectivity index (χ1v) is 8.66. The highest BCUT2D eigenvalue weighted by molar-refractivity contribution is 7.89. The molecule has 3 N–H and O–H groups in total. The van der Waals surface area contributed by atoms with Gasteiger partial charge in [-0.15, -0.1) is 0 Å². The molecule has 0 unspecified atom stereocenters. The van der Waals surface area contributed by atoms with Gasteiger partial charge in [-0.2, -0.15) is 0 Å². The number of sulfonamides is 1. The molecule has 1 saturated carbocycles. The molecule has 0 atom stereocenters. The molecule has 21 heavy (non-hydrogen) atoms. The van der Waals surface area contributed by atoms with Crippen LogP contribution in [0.5, 0.6) is 0 Å². The second-order valence-corrected chi connectivity index (χ2v) is 8.05. The van der Waals surface area contributed by atoms with Gasteiger partial charge in [-0.05, 0) is 42.4 Å². The average Bonchev–Trinajstić information content (AvgIpc) is 3.17. The summed E-state index contributed by atoms with van der Waals surface area (Å²) in [6.45, 7) is 4.57. The molecule has 0 radical (unpaired) electrons. The lowest BCUT2D eigenvalue weighted by molar-refractivity contribution is 0.357. The van der Waals surface area contributed by atoms with Crippen LogP contribution in [0.4, 0.5) is 4.39 Å². The van der Waals surface area contributed by atoms with E-state index < -0.39 is 15.8 Å². The summed E-state index contributed by atoms with van der Waals surface area (Å²) in [6.07, 6.45) is 2.05. The average molecular weight is 330 g/mol. The van der Waals surface area contributed by atoms with Crippen LogP contribution in [-0.4, -0.2) is 20.0 Å². The number of nitrogens with one attached hydrogen (secondary N) is 1. The molecule has 1 aromatic rings. The fourth-order valence-electron chi connectivity index (χ4n) is 2.30. The van der Waals surface area contributed by atoms with Crippen LogP contribution in [0.1, 0.15) is 32.3 Å². The van der Waals surface area contributed by atoms with Crippen LogP contribution >= 0.6 is 12.2 Å². The Hall–Kier alpha value is -1.05. The van der Waals surface area contributed by atoms with Gasteiger partial charge in [0.25, 0.3) is 0 Å². The number of nitrogens with two attached hydrogens (primary N) is 1. The maximum absolute atomic E-state index is 13.5. The lowest BCUT2D eigenvalue weighted by Gasteiger charge is -2.20. The maximum Gasteiger partial charge on any atom is 0.240 e. The molecule has 1 fully saturated rings. The van der Waals surface area contributed by atoms with Crippen molar-refractivity contribution in [2.75, 3.05) is 6.54 Å². The van der Waals surface area contributed by atoms with E-state index in [-0.39, 0.29) is 20.9 Å². The van der Waals surface area contributed by atoms with Gasteiger partial charge >= 0.3 is 0 Å². The zero-order valence-electron chi connectivity index (χ0n) is 12.0. The molecule has 0 amide bonds. The molecule has 0 aliphatic heterocycles. The van der Waals surface area contributed by atoms with E-state index in [9.17, 15) is 12.8 Å². The molecular weight excluding hydrogens is 311 g/mol. The molecule has 0 heterocycles. The maximum atomic E-state index is 13.5. The van der Waals surface area contributed by atoms with E-state index in [1.807, 2.05) is 0 Å². The minimum atomic E-state index is -3.69. The Morgan fingerprint density at radius 3 is 2.57 bits per heavy atom. The van der Waals surface area contributed by atoms with Crippen LogP contribution in [-0.2, 0) is 10.0 Å². The van der Waals surface area contributed by atoms with Gasteiger partial charge in [0.15, 0.2) is 0 Å². The van der Waals surface area contributed by atoms with Crippen molar-refractivity contribution in [3.63, 3.8) is 0 Å². The third kappa shape index (κ3) is 3.41. The number of benzene rings is 1. The molecule has 0 aromatic heterocycles. The lowest BCUT2D eigenvalue weighted by atomic mass is 9.93. The minimum absolute atomic E-state index is 0.0220. The zero-order chi connectivity index (χ0) is 15.8. The van der Waals surface area contributed by atoms with E-state index in [4.69, 9.17) is 18.0 Å². The number of hydrogen-bond acceptors (Lipinski definition) is 3. The van der Waals surface area contributed by atoms with Crippen LogP contribution in [0.3, 0.4) is 0 Å². The molecule has 2 rings (SSSR count). The summed E-state index contributed by atoms with van der Waals surface area (Å²) >= 11 is 4.72. The largest absolute Gasteiger partial charge is 0.389 e. The van der Waals surface area contributed by atoms with Crippen molar-refractivity contribution < 1.29 is 12.8 Å². The highest BCUT2D eigenvalue weighted by atomic mass is 32.2. The second-order valence-electron chi connectivity index (χ2n) is 5.85. The van der Waals surface area contributed by atoms with Gasteiger partial charge in [-0.25, -0.2) is 17.5 Å². The van der Waals surface area contributed by atoms with Crippen molar-refractivity contribution in [2.24, 2.45) is 17.1 Å². The van der Waals surface area contributed by atoms with E-state index in [1.54, 1.807) is 0 Å². The number of halogens is 1. The summed E-state index contributed by atoms with van der Waals surface area (Å²) in [7, 11) is -3.69. The molecule has 1 aliphatic carbocycles. The number of hydrogen-bond donors (Lipinski definition) is 2. The van der Waals surface area contributed by atoms with Gasteiger partial charge in [-0.3, -0.25) is 0 Å². The molecule has 0 saturated heterocycles. The van der Waals surface area contributed by atoms with Crippen molar-refractivity contribution in [2.45, 2.75) is 31.6 Å². The SMILES string of the molecule is CC(C)C1(CNS(=O)(=O)c2ccc(F)c(C(N)=S)c2)CC1. The Balaban J connectivity index is 2.20. The zero-order valence-corrected chi connectivity index (χ0v) is 13.7. The van der Waals surface area contributed by atoms with E-state index >= 15 is 0 Å². The third-order valence-corrected chi connectivity index (χ3v) is 5.86. The van der Waals surface area contributed by atoms with E-state index in [0.29, 0.717) is 12.5 Å². The molecule has 0 spiro atoms. The van der Waals surface area contributed by atoms with Crippen LogP contribution in [0.25, 0.3) is 0 Å². The smallest absolute Gasteiger partial charge is 0.240 e. The first kappa shape index (κ1) is 16.3. The van der Waals surface area contributed by atoms with E-state index in [0.717, 1.165) is 18.9 Å². The van der Waals surface area contributed by atoms with Crippen molar-refractivity contribution in [1.82, 2.24) is 4.72 Å². The van der Waals surface area contributed by atoms with Crippen molar-refractivity contribution in [3.05, 3.63) is 29.6 Å². The normalized spacial score (nSPS) is 17.0. The summed E-state index contributed by atoms with van der Waals surface area (Å²) in [5.41, 5.74) is 5.39. The van der Waals surface area contributed by atoms with Gasteiger partial charge < -0.3 is 5.73 Å². The highest BCUT2D eigenvalue weighted by Crippen LogP contribution is 2.51. The van der Waals surface area contributed by atoms with Gasteiger partial charge in [-0.1, -0.05) is 26.1 Å². The monoisotopic (exact) mass is 330 g/mol. The predicted molar refractivity (Wildman–Crippen MR) is 84.0 cm³/mol. The molecule has 4 nitrogen and oxygen atoms in total. The van der Waals surface area contributed by atoms with Gasteiger partial charge in [0.05, 0.1) is 4.90 Å². The molecular formula is C14H19FN2O2S2. The Morgan fingerprint density at radius 2 is 2.10 bits per heavy atom. The van der Waals surface area contributed by atoms with E-state index in [2.05, 4.69) is 18.6 Å². The Bertz CT molecular complexity index is 668. The second kappa shape index (κ2) is 5.62. The summed E-state index contributed by atoms with van der Waals surface area (Å²) in [5.74, 6) is -0.206. The van der Waals surface area contributed by atoms with Crippen LogP contribution in [0.2, 0.25) is 0 Å². The fourth-order valence-corrected chi connectivity index (χ4v) is 3.62. The highest BCUT2D eigenvalue weighted by Gasteiger charge is 2.45. The Kier molecular flexibility index (Phi) is 4.37. The van der Waals surface area contributed by atoms with Gasteiger partial charge in [0.1, 0.15) is 10.8 Å². The first-order chi connectivity index (χ1) is 9.68. The lowest BCUT2D eigenvalue weighted by Crippen LogP contribution is -2.32. The van der Waals surface area contributed by atoms with Gasteiger partial charge in [0, 0.05) is 12.1 Å². The van der Waals surface area contributed by atoms with Crippen molar-refractivity contribution in [3.8, 4) is 0 Å². The van der Waals surface area contributed by atoms with Crippen LogP contribution in [0.15, 0.2) is 23.1 Å². The van der Waals surface area contributed by atoms with Crippen molar-refractivity contribution in [1.29, 1.82) is 0 Å². The minimum Gasteiger partial charge on any atom is -0.389 e. The number of thiocarbonyl (C=S) groups is 1. The summed E-state index contributed by atoms with van der Waals surface area (Å²) < 4.78 is 40.7. The Labute approximate surface area is 130 Å². The Morgan fingerprint density at radius 1 is 1.48 bits per heavy atom. The molecule has 1 aromatic carbocycles. The van der Waals surface area contributed by atoms with Crippen molar-refractivity contribution >= 4 is 27.2 Å². The summed E-state index contributed by atoms with van der Waals surface area (Å²) in [6, 6.07) is 3.46. The van der Waals surface area contributed by atoms with Crippen LogP contribution in [0, 0.1) is 17.2 Å². The summed E-state index contributed by atoms with van der Waals surface area (Å²) in [4.78, 5) is -0.184. The van der Waals surface area contributed by atoms with Gasteiger partial charge in [0.2, 0.25) is 10.0 Å². The van der Waals surface area contributed by atoms with Crippen LogP contribution < -0.4 is 10.5 Å². The fraction of sp³-hybridized carbons (Fsp3) is 0.500. The molecule has 116 valence electrons. The molecule has 7 heteroatoms. The molecule has 0 bridgehead atoms. The third-order valence-electron chi connectivity index (χ3n) is 4.24. The number of rotatable bonds is 6. The van der Waals surface area contributed by atoms with E-state index in [1.165, 1.54) is 12.1 Å². The summed E-state index contributed by atoms with van der Waals surface area (Å²) in [5, 5.41) is 0. The predicted octanol–water partition coefficient (Wildman–Crippen LogP) is 2.17. The quantitative estimate of drug-likeness (QED) is 0.784.